The lowest BCUT2D eigenvalue weighted by atomic mass is 9.96. The molecule has 2 N–H and O–H groups in total. The first-order chi connectivity index (χ1) is 14.7. The molecule has 0 aliphatic carbocycles. The highest BCUT2D eigenvalue weighted by Gasteiger charge is 2.16. The van der Waals surface area contributed by atoms with Crippen LogP contribution in [-0.4, -0.2) is 19.1 Å². The molecule has 2 aromatic carbocycles. The van der Waals surface area contributed by atoms with Gasteiger partial charge in [0, 0.05) is 23.7 Å². The Kier molecular flexibility index (Phi) is 7.23. The van der Waals surface area contributed by atoms with Crippen LogP contribution in [0, 0.1) is 5.41 Å². The average molecular weight is 436 g/mol. The van der Waals surface area contributed by atoms with Crippen molar-refractivity contribution in [1.82, 2.24) is 4.98 Å². The summed E-state index contributed by atoms with van der Waals surface area (Å²) < 4.78 is 27.9. The van der Waals surface area contributed by atoms with Gasteiger partial charge in [0.15, 0.2) is 0 Å². The molecule has 0 aliphatic heterocycles. The first-order valence-electron chi connectivity index (χ1n) is 10.4. The molecule has 0 amide bonds. The van der Waals surface area contributed by atoms with Gasteiger partial charge in [0.25, 0.3) is 10.0 Å². The predicted octanol–water partition coefficient (Wildman–Crippen LogP) is 5.76. The highest BCUT2D eigenvalue weighted by Crippen LogP contribution is 2.22. The summed E-state index contributed by atoms with van der Waals surface area (Å²) in [5.41, 5.74) is 4.12. The van der Waals surface area contributed by atoms with Gasteiger partial charge in [-0.05, 0) is 47.7 Å². The standard InChI is InChI=1S/C25H29N3O2S/c1-18(2)21-9-12-24(13-10-21)31(29,30)28-23-11-14-25(27-17-23)19(3)15-22(26)16-20-7-5-4-6-8-20/h4-14,17-19,26,28H,15-16H2,1-3H3. The average Bonchev–Trinajstić information content (AvgIpc) is 2.74. The lowest BCUT2D eigenvalue weighted by Gasteiger charge is -2.14. The molecule has 31 heavy (non-hydrogen) atoms. The van der Waals surface area contributed by atoms with E-state index in [0.717, 1.165) is 16.8 Å². The molecule has 0 bridgehead atoms. The summed E-state index contributed by atoms with van der Waals surface area (Å²) in [4.78, 5) is 4.66. The number of rotatable bonds is 9. The van der Waals surface area contributed by atoms with Gasteiger partial charge in [-0.25, -0.2) is 8.42 Å². The number of nitrogens with zero attached hydrogens (tertiary/aromatic N) is 1. The van der Waals surface area contributed by atoms with E-state index in [2.05, 4.69) is 23.6 Å². The van der Waals surface area contributed by atoms with Crippen LogP contribution >= 0.6 is 0 Å². The quantitative estimate of drug-likeness (QED) is 0.419. The molecule has 0 aliphatic rings. The highest BCUT2D eigenvalue weighted by molar-refractivity contribution is 7.92. The van der Waals surface area contributed by atoms with Gasteiger partial charge in [0.1, 0.15) is 0 Å². The normalized spacial score (nSPS) is 12.5. The van der Waals surface area contributed by atoms with Gasteiger partial charge >= 0.3 is 0 Å². The van der Waals surface area contributed by atoms with E-state index in [9.17, 15) is 8.42 Å². The Morgan fingerprint density at radius 2 is 1.65 bits per heavy atom. The maximum absolute atomic E-state index is 12.7. The van der Waals surface area contributed by atoms with Crippen molar-refractivity contribution in [3.05, 3.63) is 89.7 Å². The molecule has 0 saturated carbocycles. The third-order valence-electron chi connectivity index (χ3n) is 5.21. The Morgan fingerprint density at radius 1 is 0.968 bits per heavy atom. The van der Waals surface area contributed by atoms with Crippen molar-refractivity contribution in [2.45, 2.75) is 50.3 Å². The van der Waals surface area contributed by atoms with Crippen molar-refractivity contribution in [2.75, 3.05) is 4.72 Å². The Hall–Kier alpha value is -2.99. The number of anilines is 1. The van der Waals surface area contributed by atoms with Crippen LogP contribution in [0.3, 0.4) is 0 Å². The van der Waals surface area contributed by atoms with E-state index in [1.165, 1.54) is 6.20 Å². The minimum absolute atomic E-state index is 0.0745. The zero-order chi connectivity index (χ0) is 22.4. The van der Waals surface area contributed by atoms with Crippen molar-refractivity contribution in [2.24, 2.45) is 0 Å². The van der Waals surface area contributed by atoms with Gasteiger partial charge in [0.05, 0.1) is 16.8 Å². The van der Waals surface area contributed by atoms with E-state index in [1.54, 1.807) is 18.2 Å². The van der Waals surface area contributed by atoms with Crippen molar-refractivity contribution < 1.29 is 8.42 Å². The lowest BCUT2D eigenvalue weighted by Crippen LogP contribution is -2.13. The number of sulfonamides is 1. The van der Waals surface area contributed by atoms with Gasteiger partial charge in [-0.1, -0.05) is 63.2 Å². The third kappa shape index (κ3) is 6.25. The molecule has 0 spiro atoms. The van der Waals surface area contributed by atoms with Gasteiger partial charge in [0.2, 0.25) is 0 Å². The van der Waals surface area contributed by atoms with E-state index in [-0.39, 0.29) is 10.8 Å². The van der Waals surface area contributed by atoms with Crippen molar-refractivity contribution >= 4 is 21.4 Å². The zero-order valence-corrected chi connectivity index (χ0v) is 19.0. The smallest absolute Gasteiger partial charge is 0.261 e. The maximum atomic E-state index is 12.7. The second kappa shape index (κ2) is 9.88. The summed E-state index contributed by atoms with van der Waals surface area (Å²) in [6.07, 6.45) is 2.76. The van der Waals surface area contributed by atoms with E-state index < -0.39 is 10.0 Å². The van der Waals surface area contributed by atoms with E-state index in [1.807, 2.05) is 55.5 Å². The summed E-state index contributed by atoms with van der Waals surface area (Å²) in [5.74, 6) is 0.420. The molecule has 0 saturated heterocycles. The van der Waals surface area contributed by atoms with E-state index in [4.69, 9.17) is 5.41 Å². The first-order valence-corrected chi connectivity index (χ1v) is 11.9. The molecule has 5 nitrogen and oxygen atoms in total. The molecule has 162 valence electrons. The summed E-state index contributed by atoms with van der Waals surface area (Å²) in [7, 11) is -3.67. The largest absolute Gasteiger partial charge is 0.309 e. The fourth-order valence-electron chi connectivity index (χ4n) is 3.39. The minimum Gasteiger partial charge on any atom is -0.309 e. The summed E-state index contributed by atoms with van der Waals surface area (Å²) in [5, 5.41) is 8.28. The van der Waals surface area contributed by atoms with Gasteiger partial charge in [-0.2, -0.15) is 0 Å². The predicted molar refractivity (Wildman–Crippen MR) is 126 cm³/mol. The second-order valence-corrected chi connectivity index (χ2v) is 9.85. The third-order valence-corrected chi connectivity index (χ3v) is 6.61. The molecule has 3 aromatic rings. The Balaban J connectivity index is 1.61. The SMILES string of the molecule is CC(C)c1ccc(S(=O)(=O)Nc2ccc(C(C)CC(=N)Cc3ccccc3)nc2)cc1. The van der Waals surface area contributed by atoms with Crippen LogP contribution < -0.4 is 4.72 Å². The van der Waals surface area contributed by atoms with Gasteiger partial charge < -0.3 is 5.41 Å². The van der Waals surface area contributed by atoms with Crippen LogP contribution in [-0.2, 0) is 16.4 Å². The summed E-state index contributed by atoms with van der Waals surface area (Å²) in [6, 6.07) is 20.4. The van der Waals surface area contributed by atoms with Gasteiger partial charge in [-0.15, -0.1) is 0 Å². The second-order valence-electron chi connectivity index (χ2n) is 8.17. The molecule has 1 heterocycles. The Morgan fingerprint density at radius 3 is 2.23 bits per heavy atom. The van der Waals surface area contributed by atoms with Crippen LogP contribution in [0.4, 0.5) is 5.69 Å². The van der Waals surface area contributed by atoms with E-state index >= 15 is 0 Å². The fraction of sp³-hybridized carbons (Fsp3) is 0.280. The number of hydrogen-bond donors (Lipinski definition) is 2. The summed E-state index contributed by atoms with van der Waals surface area (Å²) >= 11 is 0. The molecular weight excluding hydrogens is 406 g/mol. The number of pyridine rings is 1. The fourth-order valence-corrected chi connectivity index (χ4v) is 4.44. The molecule has 1 unspecified atom stereocenters. The molecule has 6 heteroatoms. The van der Waals surface area contributed by atoms with E-state index in [0.29, 0.717) is 30.2 Å². The zero-order valence-electron chi connectivity index (χ0n) is 18.2. The molecule has 1 atom stereocenters. The summed E-state index contributed by atoms with van der Waals surface area (Å²) in [6.45, 7) is 6.17. The molecule has 1 aromatic heterocycles. The van der Waals surface area contributed by atoms with Crippen molar-refractivity contribution in [1.29, 1.82) is 5.41 Å². The molecule has 3 rings (SSSR count). The van der Waals surface area contributed by atoms with Crippen LogP contribution in [0.2, 0.25) is 0 Å². The van der Waals surface area contributed by atoms with Crippen molar-refractivity contribution in [3.63, 3.8) is 0 Å². The van der Waals surface area contributed by atoms with Crippen LogP contribution in [0.1, 0.15) is 55.8 Å². The number of nitrogens with one attached hydrogen (secondary N) is 2. The van der Waals surface area contributed by atoms with Crippen molar-refractivity contribution in [3.8, 4) is 0 Å². The molecular formula is C25H29N3O2S. The van der Waals surface area contributed by atoms with Crippen LogP contribution in [0.5, 0.6) is 0 Å². The number of benzene rings is 2. The van der Waals surface area contributed by atoms with Crippen LogP contribution in [0.15, 0.2) is 77.8 Å². The Labute approximate surface area is 185 Å². The van der Waals surface area contributed by atoms with Gasteiger partial charge in [-0.3, -0.25) is 9.71 Å². The number of hydrogen-bond acceptors (Lipinski definition) is 4. The minimum atomic E-state index is -3.67. The number of aromatic nitrogens is 1. The lowest BCUT2D eigenvalue weighted by molar-refractivity contribution is 0.601. The molecule has 0 fully saturated rings. The Bertz CT molecular complexity index is 1110. The monoisotopic (exact) mass is 435 g/mol. The molecule has 0 radical (unpaired) electrons. The van der Waals surface area contributed by atoms with Crippen LogP contribution in [0.25, 0.3) is 0 Å². The topological polar surface area (TPSA) is 82.9 Å². The first kappa shape index (κ1) is 22.7. The maximum Gasteiger partial charge on any atom is 0.261 e. The highest BCUT2D eigenvalue weighted by atomic mass is 32.2.